The number of ether oxygens (including phenoxy) is 1. The molecule has 2 aliphatic carbocycles. The van der Waals surface area contributed by atoms with Crippen LogP contribution in [0.15, 0.2) is 0 Å². The zero-order chi connectivity index (χ0) is 8.18. The first kappa shape index (κ1) is 6.75. The number of amides is 1. The van der Waals surface area contributed by atoms with Gasteiger partial charge in [-0.1, -0.05) is 0 Å². The van der Waals surface area contributed by atoms with Crippen LogP contribution in [0.25, 0.3) is 0 Å². The molecule has 12 heavy (non-hydrogen) atoms. The Morgan fingerprint density at radius 1 is 1.50 bits per heavy atom. The highest BCUT2D eigenvalue weighted by Crippen LogP contribution is 2.51. The average molecular weight is 167 g/mol. The maximum absolute atomic E-state index is 10.9. The van der Waals surface area contributed by atoms with Crippen molar-refractivity contribution in [3.05, 3.63) is 0 Å². The molecule has 2 bridgehead atoms. The molecule has 1 heterocycles. The van der Waals surface area contributed by atoms with Crippen LogP contribution in [0.2, 0.25) is 0 Å². The Kier molecular flexibility index (Phi) is 1.10. The van der Waals surface area contributed by atoms with E-state index in [1.807, 2.05) is 0 Å². The molecular formula is C9H13NO2. The van der Waals surface area contributed by atoms with Crippen LogP contribution in [0, 0.1) is 11.8 Å². The number of carbonyl (C=O) groups excluding carboxylic acids is 1. The molecule has 3 rings (SSSR count). The van der Waals surface area contributed by atoms with Crippen LogP contribution >= 0.6 is 0 Å². The molecule has 1 spiro atoms. The minimum Gasteiger partial charge on any atom is -0.447 e. The fraction of sp³-hybridized carbons (Fsp3) is 0.889. The van der Waals surface area contributed by atoms with Gasteiger partial charge in [0.25, 0.3) is 0 Å². The molecule has 3 nitrogen and oxygen atoms in total. The first-order valence-electron chi connectivity index (χ1n) is 4.73. The standard InChI is InChI=1S/C9H13NO2/c11-8-10-9(5-12-8)4-6-1-2-7(9)3-6/h6-7H,1-5H2,(H,10,11). The Morgan fingerprint density at radius 3 is 2.92 bits per heavy atom. The maximum atomic E-state index is 10.9. The van der Waals surface area contributed by atoms with Crippen molar-refractivity contribution in [1.29, 1.82) is 0 Å². The second-order valence-electron chi connectivity index (χ2n) is 4.44. The molecule has 3 aliphatic rings. The lowest BCUT2D eigenvalue weighted by Gasteiger charge is -2.30. The predicted octanol–water partition coefficient (Wildman–Crippen LogP) is 1.28. The van der Waals surface area contributed by atoms with Gasteiger partial charge in [-0.25, -0.2) is 4.79 Å². The molecule has 66 valence electrons. The molecule has 1 N–H and O–H groups in total. The number of rotatable bonds is 0. The lowest BCUT2D eigenvalue weighted by Crippen LogP contribution is -2.47. The topological polar surface area (TPSA) is 38.3 Å². The third-order valence-electron chi connectivity index (χ3n) is 3.79. The Labute approximate surface area is 71.5 Å². The van der Waals surface area contributed by atoms with Crippen LogP contribution in [0.1, 0.15) is 25.7 Å². The summed E-state index contributed by atoms with van der Waals surface area (Å²) in [7, 11) is 0. The first-order valence-corrected chi connectivity index (χ1v) is 4.73. The van der Waals surface area contributed by atoms with Crippen molar-refractivity contribution in [2.75, 3.05) is 6.61 Å². The summed E-state index contributed by atoms with van der Waals surface area (Å²) < 4.78 is 4.99. The Morgan fingerprint density at radius 2 is 2.42 bits per heavy atom. The van der Waals surface area contributed by atoms with E-state index in [2.05, 4.69) is 5.32 Å². The highest BCUT2D eigenvalue weighted by atomic mass is 16.6. The average Bonchev–Trinajstić information content (AvgIpc) is 2.67. The fourth-order valence-corrected chi connectivity index (χ4v) is 3.24. The predicted molar refractivity (Wildman–Crippen MR) is 42.7 cm³/mol. The molecule has 2 saturated carbocycles. The third-order valence-corrected chi connectivity index (χ3v) is 3.79. The summed E-state index contributed by atoms with van der Waals surface area (Å²) in [4.78, 5) is 10.9. The van der Waals surface area contributed by atoms with Crippen molar-refractivity contribution in [3.8, 4) is 0 Å². The second-order valence-corrected chi connectivity index (χ2v) is 4.44. The zero-order valence-electron chi connectivity index (χ0n) is 7.01. The van der Waals surface area contributed by atoms with Gasteiger partial charge in [-0.3, -0.25) is 0 Å². The molecule has 1 amide bonds. The number of carbonyl (C=O) groups is 1. The molecule has 3 fully saturated rings. The van der Waals surface area contributed by atoms with Crippen molar-refractivity contribution >= 4 is 6.09 Å². The van der Waals surface area contributed by atoms with E-state index in [0.29, 0.717) is 12.5 Å². The van der Waals surface area contributed by atoms with Crippen molar-refractivity contribution in [2.24, 2.45) is 11.8 Å². The minimum atomic E-state index is -0.206. The summed E-state index contributed by atoms with van der Waals surface area (Å²) in [6.07, 6.45) is 4.91. The van der Waals surface area contributed by atoms with E-state index in [-0.39, 0.29) is 11.6 Å². The third kappa shape index (κ3) is 0.692. The van der Waals surface area contributed by atoms with Gasteiger partial charge in [0, 0.05) is 0 Å². The zero-order valence-corrected chi connectivity index (χ0v) is 7.01. The van der Waals surface area contributed by atoms with E-state index in [1.54, 1.807) is 0 Å². The quantitative estimate of drug-likeness (QED) is 0.590. The Balaban J connectivity index is 1.88. The number of cyclic esters (lactones) is 1. The van der Waals surface area contributed by atoms with Crippen molar-refractivity contribution in [2.45, 2.75) is 31.2 Å². The molecule has 3 atom stereocenters. The van der Waals surface area contributed by atoms with Crippen LogP contribution < -0.4 is 5.32 Å². The number of alkyl carbamates (subject to hydrolysis) is 1. The molecular weight excluding hydrogens is 154 g/mol. The molecule has 1 saturated heterocycles. The summed E-state index contributed by atoms with van der Waals surface area (Å²) in [5.74, 6) is 1.56. The summed E-state index contributed by atoms with van der Waals surface area (Å²) in [5, 5.41) is 3.00. The molecule has 1 aliphatic heterocycles. The van der Waals surface area contributed by atoms with E-state index in [4.69, 9.17) is 4.74 Å². The number of hydrogen-bond donors (Lipinski definition) is 1. The highest BCUT2D eigenvalue weighted by Gasteiger charge is 2.55. The van der Waals surface area contributed by atoms with Crippen molar-refractivity contribution in [3.63, 3.8) is 0 Å². The van der Waals surface area contributed by atoms with E-state index in [9.17, 15) is 4.79 Å². The minimum absolute atomic E-state index is 0.0556. The monoisotopic (exact) mass is 167 g/mol. The SMILES string of the molecule is O=C1NC2(CO1)CC1CCC2C1. The highest BCUT2D eigenvalue weighted by molar-refractivity contribution is 5.71. The Bertz CT molecular complexity index is 241. The summed E-state index contributed by atoms with van der Waals surface area (Å²) in [6.45, 7) is 0.618. The molecule has 0 aromatic heterocycles. The maximum Gasteiger partial charge on any atom is 0.407 e. The van der Waals surface area contributed by atoms with Crippen LogP contribution in [0.5, 0.6) is 0 Å². The first-order chi connectivity index (χ1) is 5.78. The van der Waals surface area contributed by atoms with Crippen molar-refractivity contribution in [1.82, 2.24) is 5.32 Å². The molecule has 0 aromatic rings. The fourth-order valence-electron chi connectivity index (χ4n) is 3.24. The van der Waals surface area contributed by atoms with E-state index < -0.39 is 0 Å². The normalized spacial score (nSPS) is 49.8. The van der Waals surface area contributed by atoms with Crippen LogP contribution in [0.4, 0.5) is 4.79 Å². The second kappa shape index (κ2) is 1.95. The van der Waals surface area contributed by atoms with E-state index in [0.717, 1.165) is 12.3 Å². The largest absolute Gasteiger partial charge is 0.447 e. The van der Waals surface area contributed by atoms with E-state index >= 15 is 0 Å². The Hall–Kier alpha value is -0.730. The van der Waals surface area contributed by atoms with E-state index in [1.165, 1.54) is 19.3 Å². The number of fused-ring (bicyclic) bond motifs is 3. The molecule has 0 aromatic carbocycles. The van der Waals surface area contributed by atoms with Gasteiger partial charge in [0.1, 0.15) is 6.61 Å². The van der Waals surface area contributed by atoms with Crippen LogP contribution in [0.3, 0.4) is 0 Å². The van der Waals surface area contributed by atoms with Gasteiger partial charge in [0.15, 0.2) is 0 Å². The molecule has 3 unspecified atom stereocenters. The van der Waals surface area contributed by atoms with Gasteiger partial charge in [-0.05, 0) is 37.5 Å². The van der Waals surface area contributed by atoms with Gasteiger partial charge >= 0.3 is 6.09 Å². The number of hydrogen-bond acceptors (Lipinski definition) is 2. The number of nitrogens with one attached hydrogen (secondary N) is 1. The van der Waals surface area contributed by atoms with Gasteiger partial charge in [0.05, 0.1) is 5.54 Å². The molecule has 3 heteroatoms. The summed E-state index contributed by atoms with van der Waals surface area (Å²) in [5.41, 5.74) is 0.0556. The van der Waals surface area contributed by atoms with Crippen LogP contribution in [-0.4, -0.2) is 18.2 Å². The van der Waals surface area contributed by atoms with Crippen molar-refractivity contribution < 1.29 is 9.53 Å². The lowest BCUT2D eigenvalue weighted by molar-refractivity contribution is 0.160. The van der Waals surface area contributed by atoms with Gasteiger partial charge in [-0.2, -0.15) is 0 Å². The summed E-state index contributed by atoms with van der Waals surface area (Å²) >= 11 is 0. The molecule has 0 radical (unpaired) electrons. The van der Waals surface area contributed by atoms with Gasteiger partial charge in [0.2, 0.25) is 0 Å². The van der Waals surface area contributed by atoms with Gasteiger partial charge < -0.3 is 10.1 Å². The smallest absolute Gasteiger partial charge is 0.407 e. The van der Waals surface area contributed by atoms with Crippen LogP contribution in [-0.2, 0) is 4.74 Å². The lowest BCUT2D eigenvalue weighted by atomic mass is 9.82. The van der Waals surface area contributed by atoms with Gasteiger partial charge in [-0.15, -0.1) is 0 Å². The summed E-state index contributed by atoms with van der Waals surface area (Å²) in [6, 6.07) is 0.